The zero-order valence-electron chi connectivity index (χ0n) is 31.6. The Morgan fingerprint density at radius 2 is 1.12 bits per heavy atom. The summed E-state index contributed by atoms with van der Waals surface area (Å²) in [7, 11) is 0. The highest BCUT2D eigenvalue weighted by Gasteiger charge is 2.35. The van der Waals surface area contributed by atoms with Crippen molar-refractivity contribution in [1.29, 1.82) is 0 Å². The van der Waals surface area contributed by atoms with E-state index in [1.54, 1.807) is 4.68 Å². The Kier molecular flexibility index (Phi) is 20.0. The summed E-state index contributed by atoms with van der Waals surface area (Å²) in [6, 6.07) is 18.0. The third-order valence-corrected chi connectivity index (χ3v) is 10.0. The molecule has 1 aliphatic heterocycles. The van der Waals surface area contributed by atoms with Gasteiger partial charge in [0.1, 0.15) is 0 Å². The average Bonchev–Trinajstić information content (AvgIpc) is 3.38. The van der Waals surface area contributed by atoms with Crippen molar-refractivity contribution >= 4 is 11.4 Å². The van der Waals surface area contributed by atoms with Gasteiger partial charge in [-0.05, 0) is 93.5 Å². The van der Waals surface area contributed by atoms with E-state index >= 15 is 0 Å². The predicted molar refractivity (Wildman–Crippen MR) is 213 cm³/mol. The van der Waals surface area contributed by atoms with Crippen molar-refractivity contribution in [3.8, 4) is 0 Å². The van der Waals surface area contributed by atoms with Gasteiger partial charge in [0.2, 0.25) is 11.4 Å². The lowest BCUT2D eigenvalue weighted by Crippen LogP contribution is -2.14. The van der Waals surface area contributed by atoms with E-state index in [2.05, 4.69) is 94.5 Å². The normalized spacial score (nSPS) is 14.4. The van der Waals surface area contributed by atoms with Gasteiger partial charge in [-0.25, -0.2) is 4.68 Å². The van der Waals surface area contributed by atoms with Gasteiger partial charge in [-0.2, -0.15) is 0 Å². The first-order valence-corrected chi connectivity index (χ1v) is 20.3. The first-order valence-electron chi connectivity index (χ1n) is 20.3. The van der Waals surface area contributed by atoms with Crippen molar-refractivity contribution < 1.29 is 4.68 Å². The molecule has 1 heterocycles. The second-order valence-corrected chi connectivity index (χ2v) is 14.2. The van der Waals surface area contributed by atoms with Crippen LogP contribution in [0.3, 0.4) is 0 Å². The molecule has 0 unspecified atom stereocenters. The molecule has 0 bridgehead atoms. The van der Waals surface area contributed by atoms with Crippen molar-refractivity contribution in [2.24, 2.45) is 0 Å². The van der Waals surface area contributed by atoms with Crippen LogP contribution in [-0.4, -0.2) is 10.4 Å². The maximum Gasteiger partial charge on any atom is 0.216 e. The predicted octanol–water partition coefficient (Wildman–Crippen LogP) is 14.7. The topological polar surface area (TPSA) is 26.8 Å². The van der Waals surface area contributed by atoms with Crippen molar-refractivity contribution in [3.05, 3.63) is 106 Å². The van der Waals surface area contributed by atoms with Crippen LogP contribution in [-0.2, 0) is 12.8 Å². The van der Waals surface area contributed by atoms with Gasteiger partial charge in [0.25, 0.3) is 0 Å². The van der Waals surface area contributed by atoms with E-state index in [1.165, 1.54) is 123 Å². The van der Waals surface area contributed by atoms with Crippen molar-refractivity contribution in [1.82, 2.24) is 0 Å². The largest absolute Gasteiger partial charge is 0.448 e. The molecule has 1 aliphatic rings. The van der Waals surface area contributed by atoms with Crippen LogP contribution in [0.15, 0.2) is 77.9 Å². The van der Waals surface area contributed by atoms with Crippen LogP contribution < -0.4 is 0 Å². The highest BCUT2D eigenvalue weighted by Crippen LogP contribution is 2.38. The van der Waals surface area contributed by atoms with Crippen LogP contribution in [0.25, 0.3) is 11.5 Å². The number of benzene rings is 2. The van der Waals surface area contributed by atoms with Crippen LogP contribution in [0, 0.1) is 0 Å². The number of rotatable bonds is 26. The van der Waals surface area contributed by atoms with Gasteiger partial charge in [-0.3, -0.25) is 0 Å². The smallest absolute Gasteiger partial charge is 0.216 e. The van der Waals surface area contributed by atoms with Crippen LogP contribution in [0.1, 0.15) is 185 Å². The summed E-state index contributed by atoms with van der Waals surface area (Å²) in [4.78, 5) is 0. The lowest BCUT2D eigenvalue weighted by Gasteiger charge is -2.12. The molecule has 0 amide bonds. The van der Waals surface area contributed by atoms with Crippen LogP contribution in [0.5, 0.6) is 0 Å². The minimum absolute atomic E-state index is 1.02. The quantitative estimate of drug-likeness (QED) is 0.0550. The molecule has 48 heavy (non-hydrogen) atoms. The summed E-state index contributed by atoms with van der Waals surface area (Å²) >= 11 is 0. The first-order chi connectivity index (χ1) is 23.7. The summed E-state index contributed by atoms with van der Waals surface area (Å²) in [5.74, 6) is 9.60. The zero-order valence-corrected chi connectivity index (χ0v) is 31.6. The minimum atomic E-state index is 1.02. The molecule has 3 rings (SSSR count). The molecule has 0 aliphatic carbocycles. The molecular formula is C46H70N2. The Morgan fingerprint density at radius 1 is 0.542 bits per heavy atom. The summed E-state index contributed by atoms with van der Waals surface area (Å²) in [5.41, 5.74) is 10.0. The molecular weight excluding hydrogens is 581 g/mol. The number of hydrogen-bond acceptors (Lipinski definition) is 0. The van der Waals surface area contributed by atoms with E-state index in [4.69, 9.17) is 0 Å². The third-order valence-electron chi connectivity index (χ3n) is 10.0. The highest BCUT2D eigenvalue weighted by atomic mass is 15.3. The fourth-order valence-corrected chi connectivity index (χ4v) is 7.07. The molecule has 0 aromatic heterocycles. The Labute approximate surface area is 296 Å². The number of unbranched alkanes of at least 4 members (excludes halogenated alkanes) is 15. The molecule has 0 atom stereocenters. The Balaban J connectivity index is 1.62. The second-order valence-electron chi connectivity index (χ2n) is 14.2. The fraction of sp³-hybridized carbons (Fsp3) is 0.587. The number of hydrogen-bond donors (Lipinski definition) is 0. The van der Waals surface area contributed by atoms with E-state index in [9.17, 15) is 5.84 Å². The van der Waals surface area contributed by atoms with Crippen LogP contribution in [0.4, 0.5) is 0 Å². The monoisotopic (exact) mass is 651 g/mol. The summed E-state index contributed by atoms with van der Waals surface area (Å²) in [6.45, 7) is 9.09. The number of nitrogens with one attached hydrogen (secondary N) is 1. The first kappa shape index (κ1) is 39.6. The maximum absolute atomic E-state index is 9.60. The van der Waals surface area contributed by atoms with Gasteiger partial charge in [0.15, 0.2) is 0 Å². The molecule has 0 radical (unpaired) electrons. The molecule has 0 saturated heterocycles. The van der Waals surface area contributed by atoms with Gasteiger partial charge >= 0.3 is 0 Å². The molecule has 1 N–H and O–H groups in total. The molecule has 264 valence electrons. The zero-order chi connectivity index (χ0) is 34.2. The maximum atomic E-state index is 9.60. The van der Waals surface area contributed by atoms with E-state index < -0.39 is 0 Å². The summed E-state index contributed by atoms with van der Waals surface area (Å²) in [6.07, 6.45) is 36.3. The Bertz CT molecular complexity index is 1290. The summed E-state index contributed by atoms with van der Waals surface area (Å²) < 4.78 is 1.79. The van der Waals surface area contributed by atoms with E-state index in [0.29, 0.717) is 0 Å². The van der Waals surface area contributed by atoms with Crippen molar-refractivity contribution in [3.63, 3.8) is 0 Å². The van der Waals surface area contributed by atoms with E-state index in [1.807, 2.05) is 0 Å². The molecule has 2 nitrogen and oxygen atoms in total. The number of nitrogens with zero attached hydrogens (tertiary/aromatic N) is 1. The lowest BCUT2D eigenvalue weighted by atomic mass is 9.89. The van der Waals surface area contributed by atoms with Crippen molar-refractivity contribution in [2.45, 2.75) is 175 Å². The second kappa shape index (κ2) is 24.3. The van der Waals surface area contributed by atoms with E-state index in [0.717, 1.165) is 69.2 Å². The molecule has 2 aromatic carbocycles. The SMILES string of the molecule is CCCC=C1C(CCCC)=C(c2ccc(CCCC)cc2)[N+]([NH-])=C1c1ccccc1CCCC=CCCCCCCCCCCCCC. The Hall–Kier alpha value is -2.87. The highest BCUT2D eigenvalue weighted by molar-refractivity contribution is 6.17. The van der Waals surface area contributed by atoms with Crippen molar-refractivity contribution in [2.75, 3.05) is 0 Å². The molecule has 2 aromatic rings. The molecule has 0 fully saturated rings. The molecule has 2 heteroatoms. The number of aryl methyl sites for hydroxylation is 2. The average molecular weight is 651 g/mol. The lowest BCUT2D eigenvalue weighted by molar-refractivity contribution is -0.347. The van der Waals surface area contributed by atoms with Crippen LogP contribution in [0.2, 0.25) is 0 Å². The number of allylic oxidation sites excluding steroid dienone is 5. The molecule has 0 saturated carbocycles. The third kappa shape index (κ3) is 13.2. The van der Waals surface area contributed by atoms with Gasteiger partial charge in [-0.1, -0.05) is 160 Å². The minimum Gasteiger partial charge on any atom is -0.448 e. The van der Waals surface area contributed by atoms with E-state index in [-0.39, 0.29) is 0 Å². The van der Waals surface area contributed by atoms with Crippen LogP contribution >= 0.6 is 0 Å². The molecule has 0 spiro atoms. The van der Waals surface area contributed by atoms with Gasteiger partial charge in [0.05, 0.1) is 5.57 Å². The van der Waals surface area contributed by atoms with Gasteiger partial charge in [0, 0.05) is 16.7 Å². The summed E-state index contributed by atoms with van der Waals surface area (Å²) in [5, 5.41) is 0. The van der Waals surface area contributed by atoms with Gasteiger partial charge < -0.3 is 5.84 Å². The Morgan fingerprint density at radius 3 is 1.77 bits per heavy atom. The standard InChI is InChI=1S/C46H70N2/c1-5-9-13-14-15-16-17-18-19-20-21-22-23-24-25-26-30-40-31-27-28-34-42(40)46-44(33-12-8-4)43(32-11-7-3)45(48(46)47)41-37-35-39(36-38-41)29-10-6-2/h23-24,27-28,31,33-38,47H,5-22,25-26,29-30,32H2,1-4H3. The fourth-order valence-electron chi connectivity index (χ4n) is 7.07. The van der Waals surface area contributed by atoms with Gasteiger partial charge in [-0.15, -0.1) is 0 Å².